The summed E-state index contributed by atoms with van der Waals surface area (Å²) < 4.78 is 49.9. The van der Waals surface area contributed by atoms with E-state index in [-0.39, 0.29) is 6.54 Å². The molecule has 0 aliphatic carbocycles. The van der Waals surface area contributed by atoms with Crippen LogP contribution in [0.1, 0.15) is 18.1 Å². The van der Waals surface area contributed by atoms with E-state index in [1.54, 1.807) is 24.3 Å². The fourth-order valence-electron chi connectivity index (χ4n) is 1.57. The Morgan fingerprint density at radius 2 is 1.68 bits per heavy atom. The Kier molecular flexibility index (Phi) is 4.91. The fraction of sp³-hybridized carbons (Fsp3) is 0.462. The average molecular weight is 277 g/mol. The molecule has 0 aromatic heterocycles. The van der Waals surface area contributed by atoms with Crippen LogP contribution in [0.5, 0.6) is 0 Å². The molecule has 0 N–H and O–H groups in total. The van der Waals surface area contributed by atoms with Crippen molar-refractivity contribution in [3.05, 3.63) is 35.4 Å². The molecule has 19 heavy (non-hydrogen) atoms. The van der Waals surface area contributed by atoms with Gasteiger partial charge in [0.05, 0.1) is 0 Å². The molecular weight excluding hydrogens is 262 g/mol. The van der Waals surface area contributed by atoms with E-state index in [1.807, 2.05) is 6.92 Å². The van der Waals surface area contributed by atoms with Crippen LogP contribution in [0.2, 0.25) is 0 Å². The summed E-state index contributed by atoms with van der Waals surface area (Å²) in [7, 11) is 1.08. The largest absolute Gasteiger partial charge is 0.383 e. The second kappa shape index (κ2) is 6.04. The molecule has 0 unspecified atom stereocenters. The van der Waals surface area contributed by atoms with Crippen LogP contribution < -0.4 is 0 Å². The zero-order chi connectivity index (χ0) is 14.6. The van der Waals surface area contributed by atoms with Crippen molar-refractivity contribution in [3.63, 3.8) is 0 Å². The minimum absolute atomic E-state index is 0.134. The van der Waals surface area contributed by atoms with Crippen LogP contribution in [0, 0.1) is 0 Å². The topological polar surface area (TPSA) is 20.3 Å². The molecule has 6 heteroatoms. The highest BCUT2D eigenvalue weighted by atomic mass is 19.3. The number of nitrogens with zero attached hydrogens (tertiary/aromatic N) is 1. The van der Waals surface area contributed by atoms with E-state index in [9.17, 15) is 22.4 Å². The third-order valence-electron chi connectivity index (χ3n) is 2.76. The van der Waals surface area contributed by atoms with E-state index in [0.29, 0.717) is 10.5 Å². The summed E-state index contributed by atoms with van der Waals surface area (Å²) in [4.78, 5) is 11.8. The molecule has 0 saturated carbocycles. The maximum atomic E-state index is 12.9. The second-order valence-corrected chi connectivity index (χ2v) is 4.25. The minimum atomic E-state index is -4.64. The minimum Gasteiger partial charge on any atom is -0.336 e. The van der Waals surface area contributed by atoms with E-state index in [4.69, 9.17) is 0 Å². The highest BCUT2D eigenvalue weighted by Gasteiger charge is 2.50. The number of alkyl halides is 4. The Morgan fingerprint density at radius 3 is 2.11 bits per heavy atom. The molecule has 0 bridgehead atoms. The van der Waals surface area contributed by atoms with Crippen LogP contribution in [0.25, 0.3) is 0 Å². The Hall–Kier alpha value is -1.59. The number of rotatable bonds is 5. The Balaban J connectivity index is 2.73. The van der Waals surface area contributed by atoms with Crippen LogP contribution in [0.3, 0.4) is 0 Å². The summed E-state index contributed by atoms with van der Waals surface area (Å²) in [5, 5.41) is 0. The summed E-state index contributed by atoms with van der Waals surface area (Å²) in [5.74, 6) is -6.51. The number of benzene rings is 1. The lowest BCUT2D eigenvalue weighted by atomic mass is 10.1. The van der Waals surface area contributed by atoms with Crippen molar-refractivity contribution in [1.82, 2.24) is 4.90 Å². The molecule has 1 amide bonds. The van der Waals surface area contributed by atoms with Gasteiger partial charge in [-0.2, -0.15) is 8.78 Å². The monoisotopic (exact) mass is 277 g/mol. The van der Waals surface area contributed by atoms with Gasteiger partial charge in [0, 0.05) is 13.6 Å². The lowest BCUT2D eigenvalue weighted by Gasteiger charge is -2.22. The first kappa shape index (κ1) is 15.5. The van der Waals surface area contributed by atoms with Gasteiger partial charge in [-0.3, -0.25) is 4.79 Å². The zero-order valence-corrected chi connectivity index (χ0v) is 10.7. The molecule has 0 radical (unpaired) electrons. The van der Waals surface area contributed by atoms with Gasteiger partial charge in [-0.1, -0.05) is 31.2 Å². The number of halogens is 4. The first-order valence-electron chi connectivity index (χ1n) is 5.78. The molecule has 0 spiro atoms. The summed E-state index contributed by atoms with van der Waals surface area (Å²) >= 11 is 0. The van der Waals surface area contributed by atoms with Crippen LogP contribution in [-0.2, 0) is 17.8 Å². The van der Waals surface area contributed by atoms with Gasteiger partial charge in [0.25, 0.3) is 5.91 Å². The van der Waals surface area contributed by atoms with Crippen molar-refractivity contribution in [3.8, 4) is 0 Å². The van der Waals surface area contributed by atoms with E-state index >= 15 is 0 Å². The van der Waals surface area contributed by atoms with Crippen molar-refractivity contribution in [1.29, 1.82) is 0 Å². The molecule has 0 aliphatic rings. The maximum absolute atomic E-state index is 12.9. The van der Waals surface area contributed by atoms with Crippen molar-refractivity contribution in [2.45, 2.75) is 32.2 Å². The number of hydrogen-bond acceptors (Lipinski definition) is 1. The molecule has 0 atom stereocenters. The first-order valence-corrected chi connectivity index (χ1v) is 5.78. The molecule has 0 aliphatic heterocycles. The molecule has 106 valence electrons. The standard InChI is InChI=1S/C13H15F4NO/c1-3-9-4-6-10(7-5-9)8-18(2)12(19)13(16,17)11(14)15/h4-7,11H,3,8H2,1-2H3. The third kappa shape index (κ3) is 3.68. The summed E-state index contributed by atoms with van der Waals surface area (Å²) in [6.45, 7) is 1.83. The van der Waals surface area contributed by atoms with Gasteiger partial charge < -0.3 is 4.90 Å². The van der Waals surface area contributed by atoms with E-state index < -0.39 is 18.3 Å². The van der Waals surface area contributed by atoms with Crippen LogP contribution in [0.4, 0.5) is 17.6 Å². The van der Waals surface area contributed by atoms with Gasteiger partial charge >= 0.3 is 12.3 Å². The maximum Gasteiger partial charge on any atom is 0.383 e. The van der Waals surface area contributed by atoms with Gasteiger partial charge in [-0.05, 0) is 17.5 Å². The predicted molar refractivity (Wildman–Crippen MR) is 63.2 cm³/mol. The van der Waals surface area contributed by atoms with E-state index in [0.717, 1.165) is 19.0 Å². The molecule has 0 saturated heterocycles. The lowest BCUT2D eigenvalue weighted by molar-refractivity contribution is -0.179. The van der Waals surface area contributed by atoms with Crippen molar-refractivity contribution < 1.29 is 22.4 Å². The second-order valence-electron chi connectivity index (χ2n) is 4.25. The lowest BCUT2D eigenvalue weighted by Crippen LogP contribution is -2.45. The number of hydrogen-bond donors (Lipinski definition) is 0. The molecular formula is C13H15F4NO. The Labute approximate surface area is 109 Å². The third-order valence-corrected chi connectivity index (χ3v) is 2.76. The predicted octanol–water partition coefficient (Wildman–Crippen LogP) is 3.11. The van der Waals surface area contributed by atoms with Crippen LogP contribution in [-0.4, -0.2) is 30.2 Å². The van der Waals surface area contributed by atoms with Crippen molar-refractivity contribution in [2.75, 3.05) is 7.05 Å². The van der Waals surface area contributed by atoms with Crippen molar-refractivity contribution >= 4 is 5.91 Å². The highest BCUT2D eigenvalue weighted by Crippen LogP contribution is 2.25. The molecule has 1 aromatic carbocycles. The van der Waals surface area contributed by atoms with Gasteiger partial charge in [-0.25, -0.2) is 8.78 Å². The summed E-state index contributed by atoms with van der Waals surface area (Å²) in [6, 6.07) is 6.98. The number of carbonyl (C=O) groups excluding carboxylic acids is 1. The Bertz CT molecular complexity index is 431. The molecule has 1 rings (SSSR count). The molecule has 0 fully saturated rings. The first-order chi connectivity index (χ1) is 8.78. The number of aryl methyl sites for hydroxylation is 1. The van der Waals surface area contributed by atoms with E-state index in [2.05, 4.69) is 0 Å². The molecule has 1 aromatic rings. The molecule has 0 heterocycles. The van der Waals surface area contributed by atoms with Gasteiger partial charge in [0.1, 0.15) is 0 Å². The highest BCUT2D eigenvalue weighted by molar-refractivity contribution is 5.83. The van der Waals surface area contributed by atoms with Crippen LogP contribution in [0.15, 0.2) is 24.3 Å². The summed E-state index contributed by atoms with van der Waals surface area (Å²) in [5.41, 5.74) is 1.67. The quantitative estimate of drug-likeness (QED) is 0.757. The van der Waals surface area contributed by atoms with Gasteiger partial charge in [0.2, 0.25) is 0 Å². The normalized spacial score (nSPS) is 11.7. The number of amides is 1. The molecule has 2 nitrogen and oxygen atoms in total. The Morgan fingerprint density at radius 1 is 1.21 bits per heavy atom. The fourth-order valence-corrected chi connectivity index (χ4v) is 1.57. The number of carbonyl (C=O) groups is 1. The SMILES string of the molecule is CCc1ccc(CN(C)C(=O)C(F)(F)C(F)F)cc1. The van der Waals surface area contributed by atoms with Crippen molar-refractivity contribution in [2.24, 2.45) is 0 Å². The van der Waals surface area contributed by atoms with E-state index in [1.165, 1.54) is 0 Å². The summed E-state index contributed by atoms with van der Waals surface area (Å²) in [6.07, 6.45) is -3.16. The van der Waals surface area contributed by atoms with Crippen LogP contribution >= 0.6 is 0 Å². The zero-order valence-electron chi connectivity index (χ0n) is 10.7. The average Bonchev–Trinajstić information content (AvgIpc) is 2.38. The van der Waals surface area contributed by atoms with Gasteiger partial charge in [0.15, 0.2) is 0 Å². The smallest absolute Gasteiger partial charge is 0.336 e. The van der Waals surface area contributed by atoms with Gasteiger partial charge in [-0.15, -0.1) is 0 Å².